The SMILES string of the molecule is COC(CC(=O)N[C@@H]1Cc2ccccc2[C@H]1NC(=O)c1ccc(SC)o1)C(F)(F)F. The van der Waals surface area contributed by atoms with Crippen LogP contribution in [-0.4, -0.2) is 43.5 Å². The first-order valence-electron chi connectivity index (χ1n) is 9.14. The number of fused-ring (bicyclic) bond motifs is 1. The van der Waals surface area contributed by atoms with Gasteiger partial charge >= 0.3 is 6.18 Å². The normalized spacial score (nSPS) is 19.2. The molecule has 1 heterocycles. The number of thioether (sulfide) groups is 1. The Morgan fingerprint density at radius 1 is 1.23 bits per heavy atom. The molecule has 0 radical (unpaired) electrons. The number of nitrogens with one attached hydrogen (secondary N) is 2. The molecule has 0 bridgehead atoms. The fraction of sp³-hybridized carbons (Fsp3) is 0.400. The molecule has 162 valence electrons. The van der Waals surface area contributed by atoms with Crippen molar-refractivity contribution in [3.05, 3.63) is 53.3 Å². The molecule has 1 aromatic carbocycles. The number of hydrogen-bond donors (Lipinski definition) is 2. The Kier molecular flexibility index (Phi) is 6.77. The van der Waals surface area contributed by atoms with Crippen molar-refractivity contribution in [2.75, 3.05) is 13.4 Å². The lowest BCUT2D eigenvalue weighted by Crippen LogP contribution is -2.46. The van der Waals surface area contributed by atoms with Gasteiger partial charge in [-0.05, 0) is 35.9 Å². The number of hydrogen-bond acceptors (Lipinski definition) is 5. The highest BCUT2D eigenvalue weighted by atomic mass is 32.2. The fourth-order valence-corrected chi connectivity index (χ4v) is 3.82. The largest absolute Gasteiger partial charge is 0.445 e. The van der Waals surface area contributed by atoms with Gasteiger partial charge in [-0.25, -0.2) is 0 Å². The number of benzene rings is 1. The van der Waals surface area contributed by atoms with Gasteiger partial charge in [0.25, 0.3) is 5.91 Å². The van der Waals surface area contributed by atoms with Crippen molar-refractivity contribution in [1.29, 1.82) is 0 Å². The summed E-state index contributed by atoms with van der Waals surface area (Å²) in [6.07, 6.45) is -5.50. The summed E-state index contributed by atoms with van der Waals surface area (Å²) in [7, 11) is 0.909. The molecule has 6 nitrogen and oxygen atoms in total. The molecule has 1 aromatic heterocycles. The second kappa shape index (κ2) is 9.13. The highest BCUT2D eigenvalue weighted by molar-refractivity contribution is 7.98. The molecular formula is C20H21F3N2O4S. The smallest absolute Gasteiger partial charge is 0.415 e. The number of methoxy groups -OCH3 is 1. The van der Waals surface area contributed by atoms with Crippen LogP contribution in [0.4, 0.5) is 13.2 Å². The van der Waals surface area contributed by atoms with Crippen molar-refractivity contribution in [2.45, 2.75) is 42.3 Å². The zero-order valence-electron chi connectivity index (χ0n) is 16.3. The molecule has 1 aliphatic carbocycles. The first-order valence-corrected chi connectivity index (χ1v) is 10.4. The van der Waals surface area contributed by atoms with Crippen LogP contribution in [0.2, 0.25) is 0 Å². The number of amides is 2. The van der Waals surface area contributed by atoms with E-state index in [2.05, 4.69) is 15.4 Å². The van der Waals surface area contributed by atoms with Gasteiger partial charge in [-0.3, -0.25) is 9.59 Å². The van der Waals surface area contributed by atoms with E-state index >= 15 is 0 Å². The lowest BCUT2D eigenvalue weighted by molar-refractivity contribution is -0.214. The van der Waals surface area contributed by atoms with Crippen LogP contribution in [0.15, 0.2) is 45.9 Å². The van der Waals surface area contributed by atoms with Crippen molar-refractivity contribution in [3.8, 4) is 0 Å². The minimum absolute atomic E-state index is 0.116. The first-order chi connectivity index (χ1) is 14.2. The third-order valence-electron chi connectivity index (χ3n) is 4.89. The van der Waals surface area contributed by atoms with Gasteiger partial charge in [0.2, 0.25) is 5.91 Å². The average molecular weight is 442 g/mol. The standard InChI is InChI=1S/C20H21F3N2O4S/c1-28-15(20(21,22)23)10-16(26)24-13-9-11-5-3-4-6-12(11)18(13)25-19(27)14-7-8-17(29-14)30-2/h3-8,13,15,18H,9-10H2,1-2H3,(H,24,26)(H,25,27)/t13-,15?,18-/m1/s1. The van der Waals surface area contributed by atoms with Crippen molar-refractivity contribution in [1.82, 2.24) is 10.6 Å². The van der Waals surface area contributed by atoms with E-state index in [9.17, 15) is 22.8 Å². The van der Waals surface area contributed by atoms with Crippen LogP contribution in [-0.2, 0) is 16.0 Å². The molecule has 10 heteroatoms. The summed E-state index contributed by atoms with van der Waals surface area (Å²) in [6.45, 7) is 0. The molecule has 0 fully saturated rings. The summed E-state index contributed by atoms with van der Waals surface area (Å²) in [6, 6.07) is 9.30. The second-order valence-corrected chi connectivity index (χ2v) is 7.63. The maximum atomic E-state index is 12.9. The highest BCUT2D eigenvalue weighted by Gasteiger charge is 2.42. The second-order valence-electron chi connectivity index (χ2n) is 6.82. The molecule has 2 amide bonds. The van der Waals surface area contributed by atoms with Crippen LogP contribution in [0, 0.1) is 0 Å². The third kappa shape index (κ3) is 4.99. The van der Waals surface area contributed by atoms with E-state index in [1.54, 1.807) is 18.2 Å². The summed E-state index contributed by atoms with van der Waals surface area (Å²) in [4.78, 5) is 24.9. The Balaban J connectivity index is 1.74. The zero-order valence-corrected chi connectivity index (χ0v) is 17.1. The predicted octanol–water partition coefficient (Wildman–Crippen LogP) is 3.48. The number of ether oxygens (including phenoxy) is 1. The minimum Gasteiger partial charge on any atom is -0.445 e. The van der Waals surface area contributed by atoms with Crippen molar-refractivity contribution < 1.29 is 31.9 Å². The molecule has 1 aliphatic rings. The van der Waals surface area contributed by atoms with E-state index in [0.29, 0.717) is 11.5 Å². The van der Waals surface area contributed by atoms with Gasteiger partial charge in [0.1, 0.15) is 0 Å². The summed E-state index contributed by atoms with van der Waals surface area (Å²) in [5.74, 6) is -1.16. The summed E-state index contributed by atoms with van der Waals surface area (Å²) in [5, 5.41) is 6.03. The predicted molar refractivity (Wildman–Crippen MR) is 104 cm³/mol. The van der Waals surface area contributed by atoms with Crippen LogP contribution >= 0.6 is 11.8 Å². The van der Waals surface area contributed by atoms with Crippen LogP contribution in [0.3, 0.4) is 0 Å². The van der Waals surface area contributed by atoms with E-state index in [4.69, 9.17) is 4.42 Å². The molecule has 1 unspecified atom stereocenters. The van der Waals surface area contributed by atoms with Gasteiger partial charge in [-0.15, -0.1) is 0 Å². The van der Waals surface area contributed by atoms with Crippen LogP contribution in [0.5, 0.6) is 0 Å². The third-order valence-corrected chi connectivity index (χ3v) is 5.51. The maximum absolute atomic E-state index is 12.9. The Hall–Kier alpha value is -2.46. The van der Waals surface area contributed by atoms with E-state index in [0.717, 1.165) is 18.2 Å². The maximum Gasteiger partial charge on any atom is 0.415 e. The van der Waals surface area contributed by atoms with E-state index in [1.807, 2.05) is 24.5 Å². The van der Waals surface area contributed by atoms with Gasteiger partial charge in [0.15, 0.2) is 17.0 Å². The van der Waals surface area contributed by atoms with Crippen LogP contribution < -0.4 is 10.6 Å². The fourth-order valence-electron chi connectivity index (χ4n) is 3.44. The summed E-state index contributed by atoms with van der Waals surface area (Å²) < 4.78 is 48.5. The Morgan fingerprint density at radius 2 is 1.97 bits per heavy atom. The summed E-state index contributed by atoms with van der Waals surface area (Å²) in [5.41, 5.74) is 1.70. The van der Waals surface area contributed by atoms with Crippen molar-refractivity contribution in [2.24, 2.45) is 0 Å². The van der Waals surface area contributed by atoms with E-state index in [1.165, 1.54) is 11.8 Å². The monoisotopic (exact) mass is 442 g/mol. The van der Waals surface area contributed by atoms with Gasteiger partial charge in [-0.2, -0.15) is 13.2 Å². The van der Waals surface area contributed by atoms with Gasteiger partial charge < -0.3 is 19.8 Å². The Morgan fingerprint density at radius 3 is 2.60 bits per heavy atom. The first kappa shape index (κ1) is 22.2. The molecule has 3 atom stereocenters. The average Bonchev–Trinajstić information content (AvgIpc) is 3.30. The molecule has 2 aromatic rings. The Bertz CT molecular complexity index is 915. The molecule has 3 rings (SSSR count). The molecular weight excluding hydrogens is 421 g/mol. The van der Waals surface area contributed by atoms with Crippen LogP contribution in [0.1, 0.15) is 34.1 Å². The van der Waals surface area contributed by atoms with Gasteiger partial charge in [0, 0.05) is 7.11 Å². The minimum atomic E-state index is -4.65. The molecule has 0 saturated carbocycles. The number of carbonyl (C=O) groups is 2. The van der Waals surface area contributed by atoms with E-state index in [-0.39, 0.29) is 5.76 Å². The number of alkyl halides is 3. The van der Waals surface area contributed by atoms with Crippen molar-refractivity contribution in [3.63, 3.8) is 0 Å². The molecule has 30 heavy (non-hydrogen) atoms. The van der Waals surface area contributed by atoms with Crippen molar-refractivity contribution >= 4 is 23.6 Å². The van der Waals surface area contributed by atoms with Gasteiger partial charge in [0.05, 0.1) is 18.5 Å². The molecule has 0 spiro atoms. The molecule has 0 aliphatic heterocycles. The lowest BCUT2D eigenvalue weighted by atomic mass is 10.1. The topological polar surface area (TPSA) is 80.6 Å². The molecule has 0 saturated heterocycles. The zero-order chi connectivity index (χ0) is 21.9. The molecule has 2 N–H and O–H groups in total. The lowest BCUT2D eigenvalue weighted by Gasteiger charge is -2.24. The quantitative estimate of drug-likeness (QED) is 0.642. The number of carbonyl (C=O) groups excluding carboxylic acids is 2. The summed E-state index contributed by atoms with van der Waals surface area (Å²) >= 11 is 1.35. The Labute approximate surface area is 175 Å². The highest BCUT2D eigenvalue weighted by Crippen LogP contribution is 2.32. The van der Waals surface area contributed by atoms with E-state index < -0.39 is 42.6 Å². The number of furan rings is 1. The van der Waals surface area contributed by atoms with Crippen LogP contribution in [0.25, 0.3) is 0 Å². The number of halogens is 3. The van der Waals surface area contributed by atoms with Gasteiger partial charge in [-0.1, -0.05) is 36.0 Å². The number of rotatable bonds is 7.